The largest absolute Gasteiger partial charge is 0.330 e. The summed E-state index contributed by atoms with van der Waals surface area (Å²) in [4.78, 5) is 11.7. The van der Waals surface area contributed by atoms with Gasteiger partial charge in [-0.3, -0.25) is 4.79 Å². The van der Waals surface area contributed by atoms with Gasteiger partial charge in [-0.2, -0.15) is 0 Å². The van der Waals surface area contributed by atoms with Crippen molar-refractivity contribution in [3.05, 3.63) is 11.8 Å². The molecule has 0 aromatic carbocycles. The van der Waals surface area contributed by atoms with E-state index in [4.69, 9.17) is 0 Å². The first-order valence-corrected chi connectivity index (χ1v) is 9.09. The Labute approximate surface area is 128 Å². The second-order valence-electron chi connectivity index (χ2n) is 8.34. The van der Waals surface area contributed by atoms with Gasteiger partial charge in [0.25, 0.3) is 0 Å². The summed E-state index contributed by atoms with van der Waals surface area (Å²) in [6.07, 6.45) is 14.0. The lowest BCUT2D eigenvalue weighted by molar-refractivity contribution is -0.125. The molecule has 1 saturated heterocycles. The number of piperidine rings is 1. The van der Waals surface area contributed by atoms with Crippen LogP contribution in [0.2, 0.25) is 0 Å². The number of hydrogen-bond donors (Lipinski definition) is 1. The van der Waals surface area contributed by atoms with Crippen molar-refractivity contribution < 1.29 is 4.79 Å². The third-order valence-corrected chi connectivity index (χ3v) is 7.84. The minimum absolute atomic E-state index is 0.233. The summed E-state index contributed by atoms with van der Waals surface area (Å²) in [5, 5.41) is 3.20. The molecule has 116 valence electrons. The molecule has 21 heavy (non-hydrogen) atoms. The zero-order valence-electron chi connectivity index (χ0n) is 13.6. The number of amides is 1. The first-order chi connectivity index (χ1) is 10.1. The maximum atomic E-state index is 11.7. The van der Waals surface area contributed by atoms with E-state index in [-0.39, 0.29) is 11.3 Å². The average Bonchev–Trinajstić information content (AvgIpc) is 2.92. The van der Waals surface area contributed by atoms with Crippen molar-refractivity contribution >= 4 is 5.91 Å². The molecule has 1 heterocycles. The lowest BCUT2D eigenvalue weighted by Crippen LogP contribution is -2.52. The van der Waals surface area contributed by atoms with Crippen molar-refractivity contribution in [3.8, 4) is 0 Å². The molecule has 3 aliphatic carbocycles. The molecule has 1 N–H and O–H groups in total. The van der Waals surface area contributed by atoms with Crippen LogP contribution in [0.4, 0.5) is 0 Å². The number of hydrogen-bond acceptors (Lipinski definition) is 1. The van der Waals surface area contributed by atoms with Crippen LogP contribution in [0.15, 0.2) is 11.8 Å². The van der Waals surface area contributed by atoms with E-state index in [2.05, 4.69) is 25.2 Å². The van der Waals surface area contributed by atoms with Crippen LogP contribution < -0.4 is 5.32 Å². The number of allylic oxidation sites excluding steroid dienone is 2. The summed E-state index contributed by atoms with van der Waals surface area (Å²) < 4.78 is 0. The lowest BCUT2D eigenvalue weighted by atomic mass is 9.49. The van der Waals surface area contributed by atoms with Crippen LogP contribution in [-0.4, -0.2) is 5.91 Å². The quantitative estimate of drug-likeness (QED) is 0.760. The Morgan fingerprint density at radius 1 is 1.24 bits per heavy atom. The molecule has 0 radical (unpaired) electrons. The first kappa shape index (κ1) is 13.8. The molecule has 2 heteroatoms. The fourth-order valence-electron chi connectivity index (χ4n) is 6.60. The van der Waals surface area contributed by atoms with Gasteiger partial charge in [0.1, 0.15) is 0 Å². The Morgan fingerprint density at radius 2 is 2.10 bits per heavy atom. The second kappa shape index (κ2) is 4.60. The summed E-state index contributed by atoms with van der Waals surface area (Å²) in [5.74, 6) is 2.87. The first-order valence-electron chi connectivity index (χ1n) is 9.09. The molecule has 4 aliphatic rings. The van der Waals surface area contributed by atoms with E-state index in [1.165, 1.54) is 50.6 Å². The van der Waals surface area contributed by atoms with E-state index in [1.807, 2.05) is 0 Å². The summed E-state index contributed by atoms with van der Waals surface area (Å²) in [7, 11) is 0. The highest BCUT2D eigenvalue weighted by Gasteiger charge is 2.56. The molecule has 2 nitrogen and oxygen atoms in total. The topological polar surface area (TPSA) is 29.1 Å². The highest BCUT2D eigenvalue weighted by atomic mass is 16.1. The number of fused-ring (bicyclic) bond motifs is 5. The minimum atomic E-state index is 0.233. The van der Waals surface area contributed by atoms with E-state index in [0.29, 0.717) is 5.41 Å². The maximum Gasteiger partial charge on any atom is 0.224 e. The Balaban J connectivity index is 1.69. The average molecular weight is 287 g/mol. The van der Waals surface area contributed by atoms with Crippen LogP contribution in [0.25, 0.3) is 0 Å². The lowest BCUT2D eigenvalue weighted by Gasteiger charge is -2.57. The zero-order chi connectivity index (χ0) is 14.7. The van der Waals surface area contributed by atoms with Crippen LogP contribution in [0.1, 0.15) is 71.6 Å². The molecule has 3 fully saturated rings. The van der Waals surface area contributed by atoms with Gasteiger partial charge in [-0.1, -0.05) is 32.8 Å². The highest BCUT2D eigenvalue weighted by molar-refractivity contribution is 5.79. The fourth-order valence-corrected chi connectivity index (χ4v) is 6.60. The predicted octanol–water partition coefficient (Wildman–Crippen LogP) is 4.41. The van der Waals surface area contributed by atoms with Gasteiger partial charge in [0.2, 0.25) is 5.91 Å². The number of rotatable bonds is 1. The van der Waals surface area contributed by atoms with Crippen LogP contribution in [-0.2, 0) is 4.79 Å². The molecule has 1 amide bonds. The molecular weight excluding hydrogens is 258 g/mol. The van der Waals surface area contributed by atoms with Crippen LogP contribution in [0, 0.1) is 28.6 Å². The monoisotopic (exact) mass is 287 g/mol. The molecule has 0 unspecified atom stereocenters. The third-order valence-electron chi connectivity index (χ3n) is 7.84. The molecule has 0 spiro atoms. The van der Waals surface area contributed by atoms with Crippen molar-refractivity contribution in [1.82, 2.24) is 5.32 Å². The SMILES string of the molecule is CC[C@@]12CCC[C@H]1[C@@H]1CC=C3NC(=O)CC[C@]3(C)[C@H]1CC2. The molecule has 5 atom stereocenters. The molecule has 1 aliphatic heterocycles. The van der Waals surface area contributed by atoms with E-state index in [9.17, 15) is 4.79 Å². The maximum absolute atomic E-state index is 11.7. The Kier molecular flexibility index (Phi) is 3.03. The molecule has 0 aromatic rings. The van der Waals surface area contributed by atoms with E-state index in [0.717, 1.165) is 30.6 Å². The van der Waals surface area contributed by atoms with Crippen molar-refractivity contribution in [2.24, 2.45) is 28.6 Å². The fraction of sp³-hybridized carbons (Fsp3) is 0.842. The number of carbonyl (C=O) groups is 1. The predicted molar refractivity (Wildman–Crippen MR) is 84.5 cm³/mol. The van der Waals surface area contributed by atoms with Crippen LogP contribution >= 0.6 is 0 Å². The molecule has 0 bridgehead atoms. The van der Waals surface area contributed by atoms with Gasteiger partial charge in [-0.25, -0.2) is 0 Å². The van der Waals surface area contributed by atoms with E-state index < -0.39 is 0 Å². The van der Waals surface area contributed by atoms with Gasteiger partial charge >= 0.3 is 0 Å². The van der Waals surface area contributed by atoms with Gasteiger partial charge in [0.15, 0.2) is 0 Å². The number of nitrogens with one attached hydrogen (secondary N) is 1. The third kappa shape index (κ3) is 1.80. The molecular formula is C19H29NO. The second-order valence-corrected chi connectivity index (χ2v) is 8.34. The molecule has 0 aromatic heterocycles. The summed E-state index contributed by atoms with van der Waals surface area (Å²) >= 11 is 0. The number of carbonyl (C=O) groups excluding carboxylic acids is 1. The van der Waals surface area contributed by atoms with Crippen molar-refractivity contribution in [3.63, 3.8) is 0 Å². The van der Waals surface area contributed by atoms with Gasteiger partial charge in [-0.05, 0) is 61.7 Å². The summed E-state index contributed by atoms with van der Waals surface area (Å²) in [5.41, 5.74) is 2.18. The highest BCUT2D eigenvalue weighted by Crippen LogP contribution is 2.64. The van der Waals surface area contributed by atoms with E-state index in [1.54, 1.807) is 0 Å². The normalized spacial score (nSPS) is 48.8. The van der Waals surface area contributed by atoms with Crippen molar-refractivity contribution in [2.75, 3.05) is 0 Å². The van der Waals surface area contributed by atoms with Gasteiger partial charge in [0, 0.05) is 17.5 Å². The van der Waals surface area contributed by atoms with Gasteiger partial charge < -0.3 is 5.32 Å². The van der Waals surface area contributed by atoms with Crippen molar-refractivity contribution in [1.29, 1.82) is 0 Å². The van der Waals surface area contributed by atoms with Gasteiger partial charge in [-0.15, -0.1) is 0 Å². The van der Waals surface area contributed by atoms with Crippen LogP contribution in [0.5, 0.6) is 0 Å². The minimum Gasteiger partial charge on any atom is -0.330 e. The summed E-state index contributed by atoms with van der Waals surface area (Å²) in [6.45, 7) is 4.86. The summed E-state index contributed by atoms with van der Waals surface area (Å²) in [6, 6.07) is 0. The van der Waals surface area contributed by atoms with E-state index >= 15 is 0 Å². The standard InChI is InChI=1S/C19H29NO/c1-3-19-10-4-5-15(19)13-6-7-16-18(2,14(13)8-12-19)11-9-17(21)20-16/h7,13-15H,3-6,8-12H2,1-2H3,(H,20,21)/t13-,14+,15+,18-,19+/m1/s1. The Bertz CT molecular complexity index is 496. The van der Waals surface area contributed by atoms with Gasteiger partial charge in [0.05, 0.1) is 0 Å². The Hall–Kier alpha value is -0.790. The van der Waals surface area contributed by atoms with Crippen molar-refractivity contribution in [2.45, 2.75) is 71.6 Å². The zero-order valence-corrected chi connectivity index (χ0v) is 13.6. The smallest absolute Gasteiger partial charge is 0.224 e. The van der Waals surface area contributed by atoms with Crippen LogP contribution in [0.3, 0.4) is 0 Å². The molecule has 2 saturated carbocycles. The Morgan fingerprint density at radius 3 is 2.90 bits per heavy atom. The molecule has 4 rings (SSSR count).